The molecule has 2 atom stereocenters. The molecule has 0 N–H and O–H groups in total. The first-order valence-electron chi connectivity index (χ1n) is 16.1. The van der Waals surface area contributed by atoms with Crippen LogP contribution in [0.5, 0.6) is 0 Å². The lowest BCUT2D eigenvalue weighted by Crippen LogP contribution is -2.32. The Morgan fingerprint density at radius 3 is 2.16 bits per heavy atom. The quantitative estimate of drug-likeness (QED) is 0.130. The molecular formula is C37H39F7O. The third kappa shape index (κ3) is 8.41. The van der Waals surface area contributed by atoms with Crippen molar-refractivity contribution in [1.82, 2.24) is 0 Å². The number of hydrogen-bond acceptors (Lipinski definition) is 1. The molecule has 3 aromatic rings. The SMILES string of the molecule is CCCCCC1CCC(C2CCC(CCc3cc(F)c(-c4ccc5c(F)c(C#CC(F)(F)F)c(F)cc5c4)c(F)c3)OC2)CC1. The number of ether oxygens (including phenoxy) is 1. The summed E-state index contributed by atoms with van der Waals surface area (Å²) in [6.07, 6.45) is 8.84. The Bertz CT molecular complexity index is 1510. The number of unbranched alkanes of at least 4 members (excludes halogenated alkanes) is 2. The summed E-state index contributed by atoms with van der Waals surface area (Å²) in [5.74, 6) is 0.363. The molecule has 242 valence electrons. The number of aryl methyl sites for hydroxylation is 1. The lowest BCUT2D eigenvalue weighted by molar-refractivity contribution is -0.0696. The van der Waals surface area contributed by atoms with Crippen LogP contribution in [0.4, 0.5) is 30.7 Å². The molecule has 1 aliphatic carbocycles. The molecule has 0 spiro atoms. The normalized spacial score (nSPS) is 22.3. The highest BCUT2D eigenvalue weighted by molar-refractivity contribution is 5.89. The molecule has 45 heavy (non-hydrogen) atoms. The van der Waals surface area contributed by atoms with Gasteiger partial charge in [0.2, 0.25) is 0 Å². The van der Waals surface area contributed by atoms with Crippen molar-refractivity contribution >= 4 is 10.8 Å². The zero-order valence-electron chi connectivity index (χ0n) is 25.5. The summed E-state index contributed by atoms with van der Waals surface area (Å²) in [6.45, 7) is 2.99. The summed E-state index contributed by atoms with van der Waals surface area (Å²) < 4.78 is 103. The van der Waals surface area contributed by atoms with Gasteiger partial charge in [0.1, 0.15) is 23.3 Å². The fourth-order valence-electron chi connectivity index (χ4n) is 7.16. The second kappa shape index (κ2) is 14.6. The average Bonchev–Trinajstić information content (AvgIpc) is 3.00. The summed E-state index contributed by atoms with van der Waals surface area (Å²) in [5, 5.41) is -0.274. The van der Waals surface area contributed by atoms with Crippen molar-refractivity contribution < 1.29 is 35.5 Å². The smallest absolute Gasteiger partial charge is 0.378 e. The molecule has 1 aliphatic heterocycles. The summed E-state index contributed by atoms with van der Waals surface area (Å²) in [5.41, 5.74) is -0.827. The maximum atomic E-state index is 15.2. The summed E-state index contributed by atoms with van der Waals surface area (Å²) in [4.78, 5) is 0. The van der Waals surface area contributed by atoms with Crippen LogP contribution in [-0.2, 0) is 11.2 Å². The van der Waals surface area contributed by atoms with Crippen LogP contribution in [0.25, 0.3) is 21.9 Å². The lowest BCUT2D eigenvalue weighted by Gasteiger charge is -2.38. The molecule has 0 amide bonds. The van der Waals surface area contributed by atoms with Crippen LogP contribution in [0.1, 0.15) is 88.7 Å². The van der Waals surface area contributed by atoms with E-state index in [2.05, 4.69) is 6.92 Å². The number of rotatable bonds is 9. The first-order valence-corrected chi connectivity index (χ1v) is 16.1. The topological polar surface area (TPSA) is 9.23 Å². The Hall–Kier alpha value is -3.05. The molecule has 5 rings (SSSR count). The van der Waals surface area contributed by atoms with Crippen molar-refractivity contribution in [3.63, 3.8) is 0 Å². The van der Waals surface area contributed by atoms with Gasteiger partial charge < -0.3 is 4.74 Å². The standard InChI is InChI=1S/C37H39F7O/c1-2-3-4-5-23-6-9-25(10-7-23)27-11-14-29(45-22-27)13-8-24-18-33(39)35(34(40)19-24)26-12-15-30-28(20-26)21-32(38)31(36(30)41)16-17-37(42,43)44/h12,15,18-21,23,25,27,29H,2-11,13-14,22H2,1H3. The van der Waals surface area contributed by atoms with E-state index in [0.717, 1.165) is 49.3 Å². The van der Waals surface area contributed by atoms with Gasteiger partial charge in [0.05, 0.1) is 23.8 Å². The van der Waals surface area contributed by atoms with Crippen LogP contribution in [0, 0.1) is 52.9 Å². The summed E-state index contributed by atoms with van der Waals surface area (Å²) >= 11 is 0. The van der Waals surface area contributed by atoms with Gasteiger partial charge in [-0.1, -0.05) is 63.5 Å². The minimum absolute atomic E-state index is 0.0495. The molecule has 2 fully saturated rings. The van der Waals surface area contributed by atoms with Crippen molar-refractivity contribution in [3.8, 4) is 23.0 Å². The predicted molar refractivity (Wildman–Crippen MR) is 163 cm³/mol. The molecule has 1 saturated heterocycles. The van der Waals surface area contributed by atoms with Crippen LogP contribution < -0.4 is 0 Å². The molecule has 1 heterocycles. The van der Waals surface area contributed by atoms with Crippen LogP contribution in [0.15, 0.2) is 36.4 Å². The van der Waals surface area contributed by atoms with Gasteiger partial charge in [-0.05, 0) is 97.1 Å². The summed E-state index contributed by atoms with van der Waals surface area (Å²) in [7, 11) is 0. The van der Waals surface area contributed by atoms with Gasteiger partial charge in [0, 0.05) is 11.3 Å². The molecule has 1 nitrogen and oxygen atoms in total. The van der Waals surface area contributed by atoms with E-state index in [4.69, 9.17) is 4.74 Å². The fourth-order valence-corrected chi connectivity index (χ4v) is 7.16. The predicted octanol–water partition coefficient (Wildman–Crippen LogP) is 11.1. The summed E-state index contributed by atoms with van der Waals surface area (Å²) in [6, 6.07) is 6.94. The number of hydrogen-bond donors (Lipinski definition) is 0. The average molecular weight is 633 g/mol. The Kier molecular flexibility index (Phi) is 10.8. The maximum Gasteiger partial charge on any atom is 0.458 e. The van der Waals surface area contributed by atoms with Gasteiger partial charge in [-0.2, -0.15) is 13.2 Å². The van der Waals surface area contributed by atoms with E-state index >= 15 is 8.78 Å². The van der Waals surface area contributed by atoms with E-state index < -0.39 is 35.0 Å². The highest BCUT2D eigenvalue weighted by Crippen LogP contribution is 2.40. The number of halogens is 7. The van der Waals surface area contributed by atoms with E-state index in [1.165, 1.54) is 81.6 Å². The Morgan fingerprint density at radius 1 is 0.800 bits per heavy atom. The molecule has 0 aromatic heterocycles. The second-order valence-corrected chi connectivity index (χ2v) is 12.8. The first kappa shape index (κ1) is 33.3. The Labute approximate surface area is 260 Å². The zero-order chi connectivity index (χ0) is 32.1. The van der Waals surface area contributed by atoms with Gasteiger partial charge >= 0.3 is 6.18 Å². The van der Waals surface area contributed by atoms with E-state index in [-0.39, 0.29) is 28.0 Å². The van der Waals surface area contributed by atoms with E-state index in [1.807, 2.05) is 0 Å². The Morgan fingerprint density at radius 2 is 1.51 bits per heavy atom. The maximum absolute atomic E-state index is 15.2. The molecule has 3 aromatic carbocycles. The molecule has 1 saturated carbocycles. The van der Waals surface area contributed by atoms with Crippen molar-refractivity contribution in [2.45, 2.75) is 96.3 Å². The number of alkyl halides is 3. The number of fused-ring (bicyclic) bond motifs is 1. The third-order valence-electron chi connectivity index (χ3n) is 9.68. The first-order chi connectivity index (χ1) is 21.5. The largest absolute Gasteiger partial charge is 0.458 e. The molecular weight excluding hydrogens is 593 g/mol. The highest BCUT2D eigenvalue weighted by Gasteiger charge is 2.31. The Balaban J connectivity index is 1.18. The van der Waals surface area contributed by atoms with Crippen molar-refractivity contribution in [2.75, 3.05) is 6.61 Å². The van der Waals surface area contributed by atoms with Crippen LogP contribution in [0.3, 0.4) is 0 Å². The van der Waals surface area contributed by atoms with Crippen molar-refractivity contribution in [2.24, 2.45) is 17.8 Å². The van der Waals surface area contributed by atoms with Gasteiger partial charge in [-0.15, -0.1) is 0 Å². The van der Waals surface area contributed by atoms with Gasteiger partial charge in [-0.3, -0.25) is 0 Å². The second-order valence-electron chi connectivity index (χ2n) is 12.8. The minimum atomic E-state index is -4.92. The monoisotopic (exact) mass is 632 g/mol. The molecule has 2 unspecified atom stereocenters. The van der Waals surface area contributed by atoms with Crippen LogP contribution in [0.2, 0.25) is 0 Å². The minimum Gasteiger partial charge on any atom is -0.378 e. The number of benzene rings is 3. The van der Waals surface area contributed by atoms with E-state index in [0.29, 0.717) is 24.3 Å². The van der Waals surface area contributed by atoms with Crippen molar-refractivity contribution in [3.05, 3.63) is 70.8 Å². The molecule has 0 radical (unpaired) electrons. The van der Waals surface area contributed by atoms with E-state index in [1.54, 1.807) is 0 Å². The highest BCUT2D eigenvalue weighted by atomic mass is 19.4. The van der Waals surface area contributed by atoms with Crippen molar-refractivity contribution in [1.29, 1.82) is 0 Å². The zero-order valence-corrected chi connectivity index (χ0v) is 25.5. The van der Waals surface area contributed by atoms with Gasteiger partial charge in [0.15, 0.2) is 0 Å². The van der Waals surface area contributed by atoms with Gasteiger partial charge in [0.25, 0.3) is 0 Å². The molecule has 2 aliphatic rings. The van der Waals surface area contributed by atoms with Gasteiger partial charge in [-0.25, -0.2) is 17.6 Å². The van der Waals surface area contributed by atoms with Crippen LogP contribution in [-0.4, -0.2) is 18.9 Å². The molecule has 8 heteroatoms. The van der Waals surface area contributed by atoms with E-state index in [9.17, 15) is 22.0 Å². The molecule has 0 bridgehead atoms. The fraction of sp³-hybridized carbons (Fsp3) is 0.514. The lowest BCUT2D eigenvalue weighted by atomic mass is 9.72. The third-order valence-corrected chi connectivity index (χ3v) is 9.68. The van der Waals surface area contributed by atoms with Crippen LogP contribution >= 0.6 is 0 Å².